The van der Waals surface area contributed by atoms with Crippen LogP contribution in [0.2, 0.25) is 0 Å². The van der Waals surface area contributed by atoms with Crippen LogP contribution in [-0.4, -0.2) is 54.6 Å². The zero-order valence-corrected chi connectivity index (χ0v) is 19.5. The summed E-state index contributed by atoms with van der Waals surface area (Å²) in [6.45, 7) is 5.49. The highest BCUT2D eigenvalue weighted by Gasteiger charge is 2.29. The quantitative estimate of drug-likeness (QED) is 0.588. The summed E-state index contributed by atoms with van der Waals surface area (Å²) < 4.78 is 19.6. The summed E-state index contributed by atoms with van der Waals surface area (Å²) in [5.74, 6) is 0.318. The Morgan fingerprint density at radius 3 is 2.61 bits per heavy atom. The molecule has 0 spiro atoms. The first-order valence-electron chi connectivity index (χ1n) is 11.1. The largest absolute Gasteiger partial charge is 0.368 e. The minimum atomic E-state index is -0.399. The third kappa shape index (κ3) is 5.20. The van der Waals surface area contributed by atoms with E-state index in [0.717, 1.165) is 16.7 Å². The maximum Gasteiger partial charge on any atom is 0.227 e. The summed E-state index contributed by atoms with van der Waals surface area (Å²) in [6.07, 6.45) is 1.69. The first-order chi connectivity index (χ1) is 15.8. The molecule has 6 nitrogen and oxygen atoms in total. The van der Waals surface area contributed by atoms with Crippen LogP contribution < -0.4 is 4.90 Å². The summed E-state index contributed by atoms with van der Waals surface area (Å²) >= 11 is 0. The Bertz CT molecular complexity index is 1150. The van der Waals surface area contributed by atoms with Crippen molar-refractivity contribution in [3.8, 4) is 11.1 Å². The maximum absolute atomic E-state index is 13.5. The predicted molar refractivity (Wildman–Crippen MR) is 127 cm³/mol. The monoisotopic (exact) mass is 448 g/mol. The number of aromatic nitrogens is 2. The number of ether oxygens (including phenoxy) is 1. The molecule has 0 unspecified atom stereocenters. The van der Waals surface area contributed by atoms with Crippen LogP contribution in [0.15, 0.2) is 48.7 Å². The lowest BCUT2D eigenvalue weighted by molar-refractivity contribution is -0.138. The molecule has 0 aliphatic carbocycles. The summed E-state index contributed by atoms with van der Waals surface area (Å²) in [5.41, 5.74) is 5.68. The van der Waals surface area contributed by atoms with E-state index in [1.807, 2.05) is 30.0 Å². The molecule has 1 aliphatic rings. The predicted octanol–water partition coefficient (Wildman–Crippen LogP) is 4.11. The van der Waals surface area contributed by atoms with E-state index in [0.29, 0.717) is 37.8 Å². The number of halogens is 1. The molecule has 0 bridgehead atoms. The van der Waals surface area contributed by atoms with Gasteiger partial charge in [0, 0.05) is 32.4 Å². The maximum atomic E-state index is 13.5. The fourth-order valence-electron chi connectivity index (χ4n) is 3.94. The number of morpholine rings is 1. The summed E-state index contributed by atoms with van der Waals surface area (Å²) in [4.78, 5) is 26.0. The minimum absolute atomic E-state index is 0.0665. The molecule has 2 heterocycles. The van der Waals surface area contributed by atoms with Crippen LogP contribution in [0.25, 0.3) is 11.1 Å². The summed E-state index contributed by atoms with van der Waals surface area (Å²) in [7, 11) is 3.75. The Hall–Kier alpha value is -3.32. The van der Waals surface area contributed by atoms with Crippen LogP contribution in [0, 0.1) is 19.7 Å². The Labute approximate surface area is 194 Å². The van der Waals surface area contributed by atoms with Crippen LogP contribution in [0.4, 0.5) is 10.3 Å². The molecule has 1 atom stereocenters. The van der Waals surface area contributed by atoms with E-state index in [1.165, 1.54) is 23.3 Å². The first kappa shape index (κ1) is 22.9. The van der Waals surface area contributed by atoms with Gasteiger partial charge in [0.15, 0.2) is 0 Å². The highest BCUT2D eigenvalue weighted by Crippen LogP contribution is 2.32. The molecule has 1 amide bonds. The number of nitrogens with zero attached hydrogens (tertiary/aromatic N) is 4. The molecule has 3 aromatic rings. The number of aryl methyl sites for hydroxylation is 2. The zero-order valence-electron chi connectivity index (χ0n) is 19.5. The van der Waals surface area contributed by atoms with Gasteiger partial charge in [-0.05, 0) is 48.2 Å². The van der Waals surface area contributed by atoms with Crippen molar-refractivity contribution in [2.75, 3.05) is 38.7 Å². The van der Waals surface area contributed by atoms with E-state index in [9.17, 15) is 9.18 Å². The van der Waals surface area contributed by atoms with E-state index in [2.05, 4.69) is 31.0 Å². The molecule has 2 aromatic carbocycles. The normalized spacial score (nSPS) is 16.0. The first-order valence-corrected chi connectivity index (χ1v) is 11.1. The smallest absolute Gasteiger partial charge is 0.227 e. The van der Waals surface area contributed by atoms with Crippen molar-refractivity contribution >= 4 is 11.9 Å². The van der Waals surface area contributed by atoms with Crippen molar-refractivity contribution in [2.45, 2.75) is 26.4 Å². The van der Waals surface area contributed by atoms with Gasteiger partial charge in [-0.15, -0.1) is 0 Å². The lowest BCUT2D eigenvalue weighted by atomic mass is 10.0. The zero-order chi connectivity index (χ0) is 23.5. The molecular weight excluding hydrogens is 419 g/mol. The molecule has 33 heavy (non-hydrogen) atoms. The highest BCUT2D eigenvalue weighted by atomic mass is 19.1. The van der Waals surface area contributed by atoms with E-state index >= 15 is 0 Å². The van der Waals surface area contributed by atoms with Gasteiger partial charge in [0.25, 0.3) is 0 Å². The van der Waals surface area contributed by atoms with Gasteiger partial charge in [0.2, 0.25) is 11.9 Å². The lowest BCUT2D eigenvalue weighted by Gasteiger charge is -2.33. The van der Waals surface area contributed by atoms with Gasteiger partial charge in [-0.25, -0.2) is 14.4 Å². The molecule has 4 rings (SSSR count). The van der Waals surface area contributed by atoms with E-state index in [4.69, 9.17) is 9.72 Å². The Kier molecular flexibility index (Phi) is 6.70. The van der Waals surface area contributed by atoms with Crippen LogP contribution in [0.3, 0.4) is 0 Å². The molecule has 172 valence electrons. The van der Waals surface area contributed by atoms with Gasteiger partial charge in [-0.1, -0.05) is 30.3 Å². The lowest BCUT2D eigenvalue weighted by Crippen LogP contribution is -2.43. The SMILES string of the molecule is Cc1ccc(CC(=O)N2CCO[C@@H](c3nc(N(C)C)ncc3-c3ccc(F)cc3)C2)cc1C. The number of benzene rings is 2. The minimum Gasteiger partial charge on any atom is -0.368 e. The molecule has 1 saturated heterocycles. The van der Waals surface area contributed by atoms with E-state index in [-0.39, 0.29) is 11.7 Å². The fraction of sp³-hybridized carbons (Fsp3) is 0.346. The Morgan fingerprint density at radius 2 is 1.91 bits per heavy atom. The van der Waals surface area contributed by atoms with Crippen LogP contribution >= 0.6 is 0 Å². The number of carbonyl (C=O) groups excluding carboxylic acids is 1. The average molecular weight is 449 g/mol. The number of carbonyl (C=O) groups is 1. The van der Waals surface area contributed by atoms with Crippen LogP contribution in [0.5, 0.6) is 0 Å². The van der Waals surface area contributed by atoms with Gasteiger partial charge in [0.05, 0.1) is 25.3 Å². The standard InChI is InChI=1S/C26H29FN4O2/c1-17-5-6-19(13-18(17)2)14-24(32)31-11-12-33-23(16-31)25-22(15-28-26(29-25)30(3)4)20-7-9-21(27)10-8-20/h5-10,13,15,23H,11-12,14,16H2,1-4H3/t23-/m1/s1. The second-order valence-electron chi connectivity index (χ2n) is 8.66. The Morgan fingerprint density at radius 1 is 1.15 bits per heavy atom. The van der Waals surface area contributed by atoms with Crippen molar-refractivity contribution in [1.29, 1.82) is 0 Å². The van der Waals surface area contributed by atoms with Crippen molar-refractivity contribution in [3.05, 3.63) is 76.9 Å². The number of amides is 1. The number of hydrogen-bond donors (Lipinski definition) is 0. The van der Waals surface area contributed by atoms with Gasteiger partial charge in [-0.2, -0.15) is 0 Å². The highest BCUT2D eigenvalue weighted by molar-refractivity contribution is 5.79. The average Bonchev–Trinajstić information content (AvgIpc) is 2.81. The van der Waals surface area contributed by atoms with Crippen LogP contribution in [0.1, 0.15) is 28.5 Å². The third-order valence-corrected chi connectivity index (χ3v) is 6.01. The molecule has 1 aliphatic heterocycles. The van der Waals surface area contributed by atoms with E-state index < -0.39 is 6.10 Å². The Balaban J connectivity index is 1.60. The van der Waals surface area contributed by atoms with Crippen molar-refractivity contribution in [2.24, 2.45) is 0 Å². The van der Waals surface area contributed by atoms with Crippen molar-refractivity contribution in [3.63, 3.8) is 0 Å². The molecule has 0 N–H and O–H groups in total. The topological polar surface area (TPSA) is 58.6 Å². The molecule has 0 saturated carbocycles. The number of hydrogen-bond acceptors (Lipinski definition) is 5. The molecule has 7 heteroatoms. The van der Waals surface area contributed by atoms with Gasteiger partial charge in [0.1, 0.15) is 11.9 Å². The van der Waals surface area contributed by atoms with Gasteiger partial charge >= 0.3 is 0 Å². The number of rotatable bonds is 5. The summed E-state index contributed by atoms with van der Waals surface area (Å²) in [6, 6.07) is 12.4. The van der Waals surface area contributed by atoms with E-state index in [1.54, 1.807) is 18.3 Å². The molecule has 1 aromatic heterocycles. The molecule has 1 fully saturated rings. The fourth-order valence-corrected chi connectivity index (χ4v) is 3.94. The second kappa shape index (κ2) is 9.67. The molecule has 0 radical (unpaired) electrons. The van der Waals surface area contributed by atoms with Crippen LogP contribution in [-0.2, 0) is 16.0 Å². The third-order valence-electron chi connectivity index (χ3n) is 6.01. The van der Waals surface area contributed by atoms with Gasteiger partial charge in [-0.3, -0.25) is 4.79 Å². The molecular formula is C26H29FN4O2. The van der Waals surface area contributed by atoms with Crippen molar-refractivity contribution in [1.82, 2.24) is 14.9 Å². The van der Waals surface area contributed by atoms with Crippen molar-refractivity contribution < 1.29 is 13.9 Å². The summed E-state index contributed by atoms with van der Waals surface area (Å²) in [5, 5.41) is 0. The second-order valence-corrected chi connectivity index (χ2v) is 8.66. The van der Waals surface area contributed by atoms with Gasteiger partial charge < -0.3 is 14.5 Å². The number of anilines is 1.